The van der Waals surface area contributed by atoms with E-state index in [9.17, 15) is 4.79 Å². The molecule has 0 bridgehead atoms. The van der Waals surface area contributed by atoms with Crippen LogP contribution in [0.3, 0.4) is 0 Å². The zero-order chi connectivity index (χ0) is 19.8. The van der Waals surface area contributed by atoms with E-state index in [1.165, 1.54) is 0 Å². The molecule has 2 radical (unpaired) electrons. The van der Waals surface area contributed by atoms with Crippen LogP contribution in [0.15, 0.2) is 30.3 Å². The lowest BCUT2D eigenvalue weighted by Crippen LogP contribution is -2.27. The molecule has 6 nitrogen and oxygen atoms in total. The van der Waals surface area contributed by atoms with Crippen LogP contribution < -0.4 is 29.7 Å². The Kier molecular flexibility index (Phi) is 7.40. The average molecular weight is 369 g/mol. The fourth-order valence-electron chi connectivity index (χ4n) is 2.82. The van der Waals surface area contributed by atoms with Gasteiger partial charge in [-0.25, -0.2) is 0 Å². The number of rotatable bonds is 9. The van der Waals surface area contributed by atoms with E-state index in [1.54, 1.807) is 46.6 Å². The maximum Gasteiger partial charge on any atom is 0.224 e. The quantitative estimate of drug-likeness (QED) is 0.678. The van der Waals surface area contributed by atoms with Gasteiger partial charge in [0.15, 0.2) is 23.0 Å². The monoisotopic (exact) mass is 369 g/mol. The molecule has 0 unspecified atom stereocenters. The van der Waals surface area contributed by atoms with Gasteiger partial charge in [-0.2, -0.15) is 0 Å². The minimum absolute atomic E-state index is 0.0800. The maximum absolute atomic E-state index is 12.2. The van der Waals surface area contributed by atoms with Crippen LogP contribution in [0.2, 0.25) is 0 Å². The van der Waals surface area contributed by atoms with Gasteiger partial charge in [0.25, 0.3) is 0 Å². The first-order valence-corrected chi connectivity index (χ1v) is 8.51. The third kappa shape index (κ3) is 5.09. The number of amides is 1. The van der Waals surface area contributed by atoms with Gasteiger partial charge in [0.1, 0.15) is 7.85 Å². The van der Waals surface area contributed by atoms with Gasteiger partial charge in [-0.05, 0) is 29.7 Å². The van der Waals surface area contributed by atoms with Crippen molar-refractivity contribution in [2.24, 2.45) is 0 Å². The zero-order valence-electron chi connectivity index (χ0n) is 16.1. The Balaban J connectivity index is 1.95. The van der Waals surface area contributed by atoms with E-state index in [2.05, 4.69) is 5.32 Å². The fourth-order valence-corrected chi connectivity index (χ4v) is 2.82. The first kappa shape index (κ1) is 20.5. The predicted molar refractivity (Wildman–Crippen MR) is 105 cm³/mol. The lowest BCUT2D eigenvalue weighted by molar-refractivity contribution is -0.120. The normalized spacial score (nSPS) is 10.2. The summed E-state index contributed by atoms with van der Waals surface area (Å²) < 4.78 is 21.2. The van der Waals surface area contributed by atoms with Gasteiger partial charge in [0.2, 0.25) is 5.91 Å². The van der Waals surface area contributed by atoms with Crippen LogP contribution in [0.4, 0.5) is 0 Å². The number of hydrogen-bond donors (Lipinski definition) is 1. The average Bonchev–Trinajstić information content (AvgIpc) is 2.68. The Labute approximate surface area is 161 Å². The van der Waals surface area contributed by atoms with Gasteiger partial charge in [-0.15, -0.1) is 0 Å². The molecule has 7 heteroatoms. The maximum atomic E-state index is 12.2. The number of nitrogens with one attached hydrogen (secondary N) is 1. The van der Waals surface area contributed by atoms with E-state index in [4.69, 9.17) is 26.8 Å². The van der Waals surface area contributed by atoms with Crippen LogP contribution in [0.25, 0.3) is 0 Å². The molecule has 0 heterocycles. The third-order valence-electron chi connectivity index (χ3n) is 4.16. The molecule has 0 saturated carbocycles. The summed E-state index contributed by atoms with van der Waals surface area (Å²) in [5.41, 5.74) is 2.27. The summed E-state index contributed by atoms with van der Waals surface area (Å²) in [6.45, 7) is 0.468. The molecule has 0 atom stereocenters. The van der Waals surface area contributed by atoms with Gasteiger partial charge in [-0.3, -0.25) is 4.79 Å². The van der Waals surface area contributed by atoms with Gasteiger partial charge in [0, 0.05) is 6.54 Å². The van der Waals surface area contributed by atoms with Crippen LogP contribution in [0.5, 0.6) is 23.0 Å². The highest BCUT2D eigenvalue weighted by Gasteiger charge is 2.13. The molecule has 0 spiro atoms. The zero-order valence-corrected chi connectivity index (χ0v) is 16.1. The molecule has 2 aromatic rings. The summed E-state index contributed by atoms with van der Waals surface area (Å²) in [5.74, 6) is 2.24. The molecule has 0 aliphatic rings. The second-order valence-electron chi connectivity index (χ2n) is 5.85. The van der Waals surface area contributed by atoms with Crippen molar-refractivity contribution < 1.29 is 23.7 Å². The van der Waals surface area contributed by atoms with E-state index >= 15 is 0 Å². The molecule has 0 aliphatic carbocycles. The summed E-state index contributed by atoms with van der Waals surface area (Å²) in [7, 11) is 12.1. The Morgan fingerprint density at radius 1 is 0.926 bits per heavy atom. The topological polar surface area (TPSA) is 66.0 Å². The molecule has 0 saturated heterocycles. The third-order valence-corrected chi connectivity index (χ3v) is 4.16. The number of benzene rings is 2. The minimum Gasteiger partial charge on any atom is -0.493 e. The molecule has 1 N–H and O–H groups in total. The number of ether oxygens (including phenoxy) is 4. The molecule has 2 rings (SSSR count). The van der Waals surface area contributed by atoms with Crippen molar-refractivity contribution in [3.05, 3.63) is 41.5 Å². The van der Waals surface area contributed by atoms with Crippen LogP contribution in [-0.2, 0) is 17.6 Å². The highest BCUT2D eigenvalue weighted by molar-refractivity contribution is 6.34. The molecule has 27 heavy (non-hydrogen) atoms. The lowest BCUT2D eigenvalue weighted by atomic mass is 9.92. The van der Waals surface area contributed by atoms with E-state index in [0.29, 0.717) is 41.4 Å². The Morgan fingerprint density at radius 2 is 1.63 bits per heavy atom. The SMILES string of the molecule is [B]c1ccc(CCNC(=O)Cc2ccc(OC)c(OC)c2)c(OC)c1OC. The summed E-state index contributed by atoms with van der Waals surface area (Å²) >= 11 is 0. The van der Waals surface area contributed by atoms with Crippen LogP contribution in [-0.4, -0.2) is 48.7 Å². The van der Waals surface area contributed by atoms with Gasteiger partial charge >= 0.3 is 0 Å². The fraction of sp³-hybridized carbons (Fsp3) is 0.350. The molecule has 2 aromatic carbocycles. The van der Waals surface area contributed by atoms with Crippen molar-refractivity contribution in [3.63, 3.8) is 0 Å². The van der Waals surface area contributed by atoms with Crippen molar-refractivity contribution in [1.29, 1.82) is 0 Å². The molecule has 1 amide bonds. The molecule has 0 aromatic heterocycles. The largest absolute Gasteiger partial charge is 0.493 e. The summed E-state index contributed by atoms with van der Waals surface area (Å²) in [6, 6.07) is 9.06. The predicted octanol–water partition coefficient (Wildman–Crippen LogP) is 1.42. The van der Waals surface area contributed by atoms with Crippen LogP contribution >= 0.6 is 0 Å². The summed E-state index contributed by atoms with van der Waals surface area (Å²) in [6.07, 6.45) is 0.847. The van der Waals surface area contributed by atoms with Crippen molar-refractivity contribution >= 4 is 19.2 Å². The van der Waals surface area contributed by atoms with Gasteiger partial charge < -0.3 is 24.3 Å². The highest BCUT2D eigenvalue weighted by atomic mass is 16.5. The molecular weight excluding hydrogens is 345 g/mol. The highest BCUT2D eigenvalue weighted by Crippen LogP contribution is 2.29. The number of methoxy groups -OCH3 is 4. The van der Waals surface area contributed by atoms with Crippen molar-refractivity contribution in [1.82, 2.24) is 5.32 Å². The van der Waals surface area contributed by atoms with E-state index < -0.39 is 0 Å². The van der Waals surface area contributed by atoms with E-state index in [1.807, 2.05) is 12.1 Å². The number of carbonyl (C=O) groups is 1. The molecule has 0 fully saturated rings. The van der Waals surface area contributed by atoms with Crippen LogP contribution in [0, 0.1) is 0 Å². The van der Waals surface area contributed by atoms with Crippen molar-refractivity contribution in [3.8, 4) is 23.0 Å². The first-order valence-electron chi connectivity index (χ1n) is 8.51. The molecule has 142 valence electrons. The summed E-state index contributed by atoms with van der Waals surface area (Å²) in [4.78, 5) is 12.2. The van der Waals surface area contributed by atoms with Crippen molar-refractivity contribution in [2.75, 3.05) is 35.0 Å². The van der Waals surface area contributed by atoms with E-state index in [-0.39, 0.29) is 12.3 Å². The van der Waals surface area contributed by atoms with Gasteiger partial charge in [0.05, 0.1) is 34.9 Å². The summed E-state index contributed by atoms with van der Waals surface area (Å²) in [5, 5.41) is 2.91. The van der Waals surface area contributed by atoms with Crippen molar-refractivity contribution in [2.45, 2.75) is 12.8 Å². The Bertz CT molecular complexity index is 794. The number of carbonyl (C=O) groups excluding carboxylic acids is 1. The standard InChI is InChI=1S/C20H24BNO5/c1-24-16-8-5-13(11-17(16)25-2)12-18(23)22-10-9-14-6-7-15(21)20(27-4)19(14)26-3/h5-8,11H,9-10,12H2,1-4H3,(H,22,23). The minimum atomic E-state index is -0.0800. The Morgan fingerprint density at radius 3 is 2.26 bits per heavy atom. The lowest BCUT2D eigenvalue weighted by Gasteiger charge is -2.15. The van der Waals surface area contributed by atoms with Gasteiger partial charge in [-0.1, -0.05) is 23.7 Å². The smallest absolute Gasteiger partial charge is 0.224 e. The van der Waals surface area contributed by atoms with Crippen LogP contribution in [0.1, 0.15) is 11.1 Å². The molecule has 0 aliphatic heterocycles. The first-order chi connectivity index (χ1) is 13.0. The molecular formula is C20H24BNO5. The second-order valence-corrected chi connectivity index (χ2v) is 5.85. The second kappa shape index (κ2) is 9.76. The Hall–Kier alpha value is -2.83. The van der Waals surface area contributed by atoms with E-state index in [0.717, 1.165) is 11.1 Å². The number of hydrogen-bond acceptors (Lipinski definition) is 5.